The molecule has 2 aromatic carbocycles. The second-order valence-corrected chi connectivity index (χ2v) is 6.01. The summed E-state index contributed by atoms with van der Waals surface area (Å²) in [6.45, 7) is 4.14. The van der Waals surface area contributed by atoms with Crippen LogP contribution >= 0.6 is 15.9 Å². The van der Waals surface area contributed by atoms with E-state index in [9.17, 15) is 5.11 Å². The Morgan fingerprint density at radius 3 is 2.52 bits per heavy atom. The van der Waals surface area contributed by atoms with Crippen molar-refractivity contribution in [3.8, 4) is 11.5 Å². The fraction of sp³-hybridized carbons (Fsp3) is 0.294. The van der Waals surface area contributed by atoms with Crippen LogP contribution < -0.4 is 10.1 Å². The van der Waals surface area contributed by atoms with Gasteiger partial charge >= 0.3 is 0 Å². The fourth-order valence-corrected chi connectivity index (χ4v) is 2.76. The number of phenolic OH excluding ortho intramolecular Hbond substituents is 1. The van der Waals surface area contributed by atoms with Crippen molar-refractivity contribution >= 4 is 15.9 Å². The minimum atomic E-state index is 0.00841. The van der Waals surface area contributed by atoms with Crippen molar-refractivity contribution in [3.05, 3.63) is 58.1 Å². The largest absolute Gasteiger partial charge is 0.508 e. The van der Waals surface area contributed by atoms with E-state index in [1.165, 1.54) is 5.56 Å². The summed E-state index contributed by atoms with van der Waals surface area (Å²) in [6, 6.07) is 13.7. The zero-order valence-electron chi connectivity index (χ0n) is 12.4. The summed E-state index contributed by atoms with van der Waals surface area (Å²) in [5, 5.41) is 13.5. The van der Waals surface area contributed by atoms with Crippen LogP contribution in [-0.4, -0.2) is 12.2 Å². The van der Waals surface area contributed by atoms with Gasteiger partial charge in [0.15, 0.2) is 0 Å². The maximum absolute atomic E-state index is 10.0. The first-order valence-corrected chi connectivity index (χ1v) is 7.69. The molecule has 112 valence electrons. The van der Waals surface area contributed by atoms with Crippen molar-refractivity contribution in [2.45, 2.75) is 25.9 Å². The molecule has 0 aliphatic heterocycles. The smallest absolute Gasteiger partial charge is 0.120 e. The summed E-state index contributed by atoms with van der Waals surface area (Å²) in [4.78, 5) is 0. The molecule has 2 aromatic rings. The van der Waals surface area contributed by atoms with E-state index in [4.69, 9.17) is 4.74 Å². The van der Waals surface area contributed by atoms with Crippen LogP contribution in [0, 0.1) is 0 Å². The standard InChI is InChI=1S/C17H20BrNO2/c1-11(13-5-4-6-14(18)9-13)19-12(2)16-10-15(21-3)7-8-17(16)20/h4-12,19-20H,1-3H3/t11-,12?/m0/s1. The average Bonchev–Trinajstić information content (AvgIpc) is 2.47. The Balaban J connectivity index is 2.15. The van der Waals surface area contributed by atoms with Crippen molar-refractivity contribution in [3.63, 3.8) is 0 Å². The summed E-state index contributed by atoms with van der Waals surface area (Å²) in [6.07, 6.45) is 0. The zero-order valence-corrected chi connectivity index (χ0v) is 14.0. The molecule has 0 amide bonds. The molecule has 3 nitrogen and oxygen atoms in total. The predicted molar refractivity (Wildman–Crippen MR) is 88.8 cm³/mol. The van der Waals surface area contributed by atoms with Crippen LogP contribution in [0.25, 0.3) is 0 Å². The van der Waals surface area contributed by atoms with Crippen molar-refractivity contribution in [2.24, 2.45) is 0 Å². The third kappa shape index (κ3) is 3.99. The van der Waals surface area contributed by atoms with Crippen LogP contribution in [0.2, 0.25) is 0 Å². The summed E-state index contributed by atoms with van der Waals surface area (Å²) in [5.74, 6) is 1.02. The van der Waals surface area contributed by atoms with Gasteiger partial charge in [-0.15, -0.1) is 0 Å². The Morgan fingerprint density at radius 2 is 1.86 bits per heavy atom. The lowest BCUT2D eigenvalue weighted by Crippen LogP contribution is -2.22. The van der Waals surface area contributed by atoms with E-state index in [2.05, 4.69) is 40.3 Å². The van der Waals surface area contributed by atoms with Crippen molar-refractivity contribution in [1.29, 1.82) is 0 Å². The summed E-state index contributed by atoms with van der Waals surface area (Å²) < 4.78 is 6.28. The minimum Gasteiger partial charge on any atom is -0.508 e. The molecular weight excluding hydrogens is 330 g/mol. The number of halogens is 1. The van der Waals surface area contributed by atoms with Crippen molar-refractivity contribution in [1.82, 2.24) is 5.32 Å². The highest BCUT2D eigenvalue weighted by Crippen LogP contribution is 2.30. The summed E-state index contributed by atoms with van der Waals surface area (Å²) >= 11 is 3.49. The molecule has 2 N–H and O–H groups in total. The van der Waals surface area contributed by atoms with Gasteiger partial charge < -0.3 is 15.2 Å². The number of methoxy groups -OCH3 is 1. The van der Waals surface area contributed by atoms with Crippen LogP contribution in [0.3, 0.4) is 0 Å². The van der Waals surface area contributed by atoms with Crippen LogP contribution in [0.15, 0.2) is 46.9 Å². The third-order valence-corrected chi connectivity index (χ3v) is 4.04. The van der Waals surface area contributed by atoms with Crippen LogP contribution in [0.1, 0.15) is 37.1 Å². The molecule has 4 heteroatoms. The number of hydrogen-bond donors (Lipinski definition) is 2. The lowest BCUT2D eigenvalue weighted by molar-refractivity contribution is 0.405. The van der Waals surface area contributed by atoms with Crippen molar-refractivity contribution < 1.29 is 9.84 Å². The van der Waals surface area contributed by atoms with Gasteiger partial charge in [-0.05, 0) is 49.7 Å². The van der Waals surface area contributed by atoms with Crippen molar-refractivity contribution in [2.75, 3.05) is 7.11 Å². The molecular formula is C17H20BrNO2. The topological polar surface area (TPSA) is 41.5 Å². The van der Waals surface area contributed by atoms with E-state index < -0.39 is 0 Å². The lowest BCUT2D eigenvalue weighted by atomic mass is 10.0. The van der Waals surface area contributed by atoms with Gasteiger partial charge in [-0.2, -0.15) is 0 Å². The molecule has 0 heterocycles. The molecule has 0 aliphatic carbocycles. The van der Waals surface area contributed by atoms with Gasteiger partial charge in [0.25, 0.3) is 0 Å². The number of ether oxygens (including phenoxy) is 1. The molecule has 0 radical (unpaired) electrons. The Kier molecular flexibility index (Phi) is 5.26. The molecule has 0 bridgehead atoms. The predicted octanol–water partition coefficient (Wildman–Crippen LogP) is 4.58. The molecule has 2 rings (SSSR count). The summed E-state index contributed by atoms with van der Waals surface area (Å²) in [7, 11) is 1.62. The van der Waals surface area contributed by atoms with E-state index in [1.54, 1.807) is 19.2 Å². The number of rotatable bonds is 5. The molecule has 0 saturated heterocycles. The van der Waals surface area contributed by atoms with E-state index in [0.29, 0.717) is 0 Å². The first-order valence-electron chi connectivity index (χ1n) is 6.89. The highest BCUT2D eigenvalue weighted by Gasteiger charge is 2.15. The molecule has 21 heavy (non-hydrogen) atoms. The quantitative estimate of drug-likeness (QED) is 0.830. The Hall–Kier alpha value is -1.52. The first kappa shape index (κ1) is 15.9. The molecule has 0 saturated carbocycles. The number of aromatic hydroxyl groups is 1. The van der Waals surface area contributed by atoms with Gasteiger partial charge in [-0.3, -0.25) is 0 Å². The van der Waals surface area contributed by atoms with Gasteiger partial charge in [0.1, 0.15) is 11.5 Å². The maximum atomic E-state index is 10.0. The number of hydrogen-bond acceptors (Lipinski definition) is 3. The highest BCUT2D eigenvalue weighted by atomic mass is 79.9. The molecule has 0 aromatic heterocycles. The Morgan fingerprint density at radius 1 is 1.10 bits per heavy atom. The highest BCUT2D eigenvalue weighted by molar-refractivity contribution is 9.10. The second-order valence-electron chi connectivity index (χ2n) is 5.09. The fourth-order valence-electron chi connectivity index (χ4n) is 2.34. The van der Waals surface area contributed by atoms with Gasteiger partial charge in [0.2, 0.25) is 0 Å². The normalized spacial score (nSPS) is 13.7. The molecule has 0 aliphatic rings. The average molecular weight is 350 g/mol. The number of phenols is 1. The van der Waals surface area contributed by atoms with E-state index >= 15 is 0 Å². The SMILES string of the molecule is COc1ccc(O)c(C(C)N[C@@H](C)c2cccc(Br)c2)c1. The van der Waals surface area contributed by atoms with Crippen LogP contribution in [0.4, 0.5) is 0 Å². The number of nitrogens with one attached hydrogen (secondary N) is 1. The van der Waals surface area contributed by atoms with Gasteiger partial charge in [-0.1, -0.05) is 28.1 Å². The Labute approximate surface area is 134 Å². The van der Waals surface area contributed by atoms with Gasteiger partial charge in [-0.25, -0.2) is 0 Å². The molecule has 2 atom stereocenters. The van der Waals surface area contributed by atoms with E-state index in [0.717, 1.165) is 15.8 Å². The van der Waals surface area contributed by atoms with E-state index in [1.807, 2.05) is 25.1 Å². The molecule has 1 unspecified atom stereocenters. The minimum absolute atomic E-state index is 0.00841. The third-order valence-electron chi connectivity index (χ3n) is 3.55. The number of benzene rings is 2. The van der Waals surface area contributed by atoms with E-state index in [-0.39, 0.29) is 17.8 Å². The van der Waals surface area contributed by atoms with Crippen LogP contribution in [0.5, 0.6) is 11.5 Å². The monoisotopic (exact) mass is 349 g/mol. The molecule has 0 spiro atoms. The zero-order chi connectivity index (χ0) is 15.4. The molecule has 0 fully saturated rings. The van der Waals surface area contributed by atoms with Gasteiger partial charge in [0.05, 0.1) is 7.11 Å². The maximum Gasteiger partial charge on any atom is 0.120 e. The Bertz CT molecular complexity index is 615. The second kappa shape index (κ2) is 6.96. The lowest BCUT2D eigenvalue weighted by Gasteiger charge is -2.22. The van der Waals surface area contributed by atoms with Gasteiger partial charge in [0, 0.05) is 22.1 Å². The first-order chi connectivity index (χ1) is 10.0. The van der Waals surface area contributed by atoms with Crippen LogP contribution in [-0.2, 0) is 0 Å². The summed E-state index contributed by atoms with van der Waals surface area (Å²) in [5.41, 5.74) is 2.02.